The standard InChI is InChI=1S/C16H18NO/c1-12-9-14(3)15(10-13(12)2)16(18)11-17-7-5-4-6-8-17/h4-10H,11H2,1-3H3/q+1. The summed E-state index contributed by atoms with van der Waals surface area (Å²) in [6.07, 6.45) is 3.82. The zero-order chi connectivity index (χ0) is 13.1. The highest BCUT2D eigenvalue weighted by Crippen LogP contribution is 2.15. The average molecular weight is 240 g/mol. The van der Waals surface area contributed by atoms with Crippen molar-refractivity contribution in [3.63, 3.8) is 0 Å². The Labute approximate surface area is 108 Å². The van der Waals surface area contributed by atoms with Crippen molar-refractivity contribution in [2.24, 2.45) is 0 Å². The summed E-state index contributed by atoms with van der Waals surface area (Å²) in [7, 11) is 0. The van der Waals surface area contributed by atoms with Gasteiger partial charge < -0.3 is 0 Å². The van der Waals surface area contributed by atoms with Gasteiger partial charge in [-0.05, 0) is 43.5 Å². The molecule has 2 rings (SSSR count). The van der Waals surface area contributed by atoms with Crippen molar-refractivity contribution < 1.29 is 9.36 Å². The first-order valence-electron chi connectivity index (χ1n) is 6.13. The molecule has 0 atom stereocenters. The number of aromatic nitrogens is 1. The van der Waals surface area contributed by atoms with Crippen LogP contribution in [0.15, 0.2) is 42.7 Å². The summed E-state index contributed by atoms with van der Waals surface area (Å²) in [6.45, 7) is 6.50. The minimum absolute atomic E-state index is 0.159. The molecule has 0 saturated heterocycles. The summed E-state index contributed by atoms with van der Waals surface area (Å²) in [5, 5.41) is 0. The number of hydrogen-bond donors (Lipinski definition) is 0. The van der Waals surface area contributed by atoms with Gasteiger partial charge in [-0.1, -0.05) is 12.1 Å². The maximum absolute atomic E-state index is 12.3. The van der Waals surface area contributed by atoms with Crippen molar-refractivity contribution in [3.05, 3.63) is 65.0 Å². The zero-order valence-electron chi connectivity index (χ0n) is 11.1. The Morgan fingerprint density at radius 1 is 0.944 bits per heavy atom. The van der Waals surface area contributed by atoms with E-state index in [0.717, 1.165) is 11.1 Å². The highest BCUT2D eigenvalue weighted by Gasteiger charge is 2.14. The van der Waals surface area contributed by atoms with Gasteiger partial charge in [0, 0.05) is 17.7 Å². The van der Waals surface area contributed by atoms with Gasteiger partial charge >= 0.3 is 0 Å². The van der Waals surface area contributed by atoms with Crippen molar-refractivity contribution in [3.8, 4) is 0 Å². The number of pyridine rings is 1. The number of carbonyl (C=O) groups is 1. The lowest BCUT2D eigenvalue weighted by Crippen LogP contribution is -2.37. The Balaban J connectivity index is 2.27. The number of carbonyl (C=O) groups excluding carboxylic acids is 1. The molecule has 1 aromatic carbocycles. The zero-order valence-corrected chi connectivity index (χ0v) is 11.1. The minimum Gasteiger partial charge on any atom is -0.287 e. The second-order valence-electron chi connectivity index (χ2n) is 4.72. The van der Waals surface area contributed by atoms with Gasteiger partial charge in [-0.25, -0.2) is 0 Å². The summed E-state index contributed by atoms with van der Waals surface area (Å²) in [5.74, 6) is 0.159. The Morgan fingerprint density at radius 2 is 1.56 bits per heavy atom. The Kier molecular flexibility index (Phi) is 3.56. The van der Waals surface area contributed by atoms with Crippen molar-refractivity contribution in [1.29, 1.82) is 0 Å². The van der Waals surface area contributed by atoms with E-state index in [0.29, 0.717) is 6.54 Å². The topological polar surface area (TPSA) is 20.9 Å². The van der Waals surface area contributed by atoms with Gasteiger partial charge in [-0.2, -0.15) is 4.57 Å². The van der Waals surface area contributed by atoms with Gasteiger partial charge in [0.25, 0.3) is 0 Å². The molecule has 0 aliphatic carbocycles. The third-order valence-corrected chi connectivity index (χ3v) is 3.24. The average Bonchev–Trinajstić information content (AvgIpc) is 2.35. The van der Waals surface area contributed by atoms with E-state index in [-0.39, 0.29) is 5.78 Å². The van der Waals surface area contributed by atoms with E-state index in [1.54, 1.807) is 0 Å². The highest BCUT2D eigenvalue weighted by atomic mass is 16.1. The van der Waals surface area contributed by atoms with Crippen LogP contribution in [0, 0.1) is 20.8 Å². The first-order chi connectivity index (χ1) is 8.58. The van der Waals surface area contributed by atoms with E-state index in [2.05, 4.69) is 13.0 Å². The maximum atomic E-state index is 12.3. The van der Waals surface area contributed by atoms with Crippen LogP contribution in [0.1, 0.15) is 27.0 Å². The van der Waals surface area contributed by atoms with Crippen molar-refractivity contribution in [2.45, 2.75) is 27.3 Å². The number of hydrogen-bond acceptors (Lipinski definition) is 1. The molecule has 0 aliphatic heterocycles. The lowest BCUT2D eigenvalue weighted by Gasteiger charge is -2.07. The molecular formula is C16H18NO+. The quantitative estimate of drug-likeness (QED) is 0.597. The molecule has 1 heterocycles. The smallest absolute Gasteiger partial charge is 0.227 e. The lowest BCUT2D eigenvalue weighted by molar-refractivity contribution is -0.683. The van der Waals surface area contributed by atoms with E-state index >= 15 is 0 Å². The fourth-order valence-electron chi connectivity index (χ4n) is 2.05. The number of aryl methyl sites for hydroxylation is 3. The van der Waals surface area contributed by atoms with Crippen LogP contribution in [0.2, 0.25) is 0 Å². The molecule has 92 valence electrons. The molecule has 0 N–H and O–H groups in total. The van der Waals surface area contributed by atoms with E-state index in [1.165, 1.54) is 11.1 Å². The third-order valence-electron chi connectivity index (χ3n) is 3.24. The van der Waals surface area contributed by atoms with Crippen molar-refractivity contribution in [2.75, 3.05) is 0 Å². The van der Waals surface area contributed by atoms with Gasteiger partial charge in [-0.15, -0.1) is 0 Å². The summed E-state index contributed by atoms with van der Waals surface area (Å²) in [4.78, 5) is 12.3. The molecule has 0 radical (unpaired) electrons. The number of benzene rings is 1. The molecule has 0 fully saturated rings. The molecule has 2 aromatic rings. The minimum atomic E-state index is 0.159. The van der Waals surface area contributed by atoms with Crippen LogP contribution >= 0.6 is 0 Å². The van der Waals surface area contributed by atoms with Crippen LogP contribution in [0.25, 0.3) is 0 Å². The number of rotatable bonds is 3. The Bertz CT molecular complexity index is 573. The van der Waals surface area contributed by atoms with E-state index in [1.807, 2.05) is 55.1 Å². The first-order valence-corrected chi connectivity index (χ1v) is 6.13. The lowest BCUT2D eigenvalue weighted by atomic mass is 9.98. The Morgan fingerprint density at radius 3 is 2.22 bits per heavy atom. The largest absolute Gasteiger partial charge is 0.287 e. The number of nitrogens with zero attached hydrogens (tertiary/aromatic N) is 1. The molecule has 0 aliphatic rings. The fourth-order valence-corrected chi connectivity index (χ4v) is 2.05. The number of Topliss-reactive ketones (excluding diaryl/α,β-unsaturated/α-hetero) is 1. The molecule has 2 heteroatoms. The van der Waals surface area contributed by atoms with Gasteiger partial charge in [-0.3, -0.25) is 4.79 Å². The third kappa shape index (κ3) is 2.65. The molecule has 2 nitrogen and oxygen atoms in total. The maximum Gasteiger partial charge on any atom is 0.227 e. The van der Waals surface area contributed by atoms with E-state index < -0.39 is 0 Å². The molecule has 18 heavy (non-hydrogen) atoms. The van der Waals surface area contributed by atoms with Gasteiger partial charge in [0.1, 0.15) is 0 Å². The molecule has 0 amide bonds. The first kappa shape index (κ1) is 12.5. The monoisotopic (exact) mass is 240 g/mol. The number of ketones is 1. The van der Waals surface area contributed by atoms with Crippen LogP contribution in [0.5, 0.6) is 0 Å². The summed E-state index contributed by atoms with van der Waals surface area (Å²) < 4.78 is 1.90. The second kappa shape index (κ2) is 5.13. The molecule has 0 bridgehead atoms. The molecule has 0 spiro atoms. The van der Waals surface area contributed by atoms with Crippen LogP contribution in [-0.2, 0) is 6.54 Å². The summed E-state index contributed by atoms with van der Waals surface area (Å²) in [6, 6.07) is 9.89. The van der Waals surface area contributed by atoms with Crippen LogP contribution in [0.4, 0.5) is 0 Å². The SMILES string of the molecule is Cc1cc(C)c(C(=O)C[n+]2ccccc2)cc1C. The second-order valence-corrected chi connectivity index (χ2v) is 4.72. The van der Waals surface area contributed by atoms with E-state index in [4.69, 9.17) is 0 Å². The molecule has 0 unspecified atom stereocenters. The Hall–Kier alpha value is -1.96. The molecule has 0 saturated carbocycles. The summed E-state index contributed by atoms with van der Waals surface area (Å²) in [5.41, 5.74) is 4.28. The summed E-state index contributed by atoms with van der Waals surface area (Å²) >= 11 is 0. The van der Waals surface area contributed by atoms with Gasteiger partial charge in [0.15, 0.2) is 12.4 Å². The van der Waals surface area contributed by atoms with Crippen molar-refractivity contribution >= 4 is 5.78 Å². The van der Waals surface area contributed by atoms with Gasteiger partial charge in [0.2, 0.25) is 12.3 Å². The van der Waals surface area contributed by atoms with Crippen LogP contribution < -0.4 is 4.57 Å². The van der Waals surface area contributed by atoms with E-state index in [9.17, 15) is 4.79 Å². The van der Waals surface area contributed by atoms with Gasteiger partial charge in [0.05, 0.1) is 0 Å². The molecule has 1 aromatic heterocycles. The normalized spacial score (nSPS) is 10.4. The van der Waals surface area contributed by atoms with Crippen molar-refractivity contribution in [1.82, 2.24) is 0 Å². The van der Waals surface area contributed by atoms with Crippen LogP contribution in [-0.4, -0.2) is 5.78 Å². The fraction of sp³-hybridized carbons (Fsp3) is 0.250. The van der Waals surface area contributed by atoms with Crippen LogP contribution in [0.3, 0.4) is 0 Å². The predicted octanol–water partition coefficient (Wildman–Crippen LogP) is 2.78. The highest BCUT2D eigenvalue weighted by molar-refractivity contribution is 5.96. The molecular weight excluding hydrogens is 222 g/mol. The predicted molar refractivity (Wildman–Crippen MR) is 71.6 cm³/mol.